The van der Waals surface area contributed by atoms with E-state index in [4.69, 9.17) is 0 Å². The molecule has 0 aromatic carbocycles. The molecule has 0 aromatic rings. The molecule has 0 aliphatic rings. The Kier molecular flexibility index (Phi) is 259. The molecule has 4 heavy (non-hydrogen) atoms. The fourth-order valence-electron chi connectivity index (χ4n) is 0. The van der Waals surface area contributed by atoms with E-state index >= 15 is 0 Å². The summed E-state index contributed by atoms with van der Waals surface area (Å²) < 4.78 is 0. The van der Waals surface area contributed by atoms with E-state index in [1.807, 2.05) is 0 Å². The van der Waals surface area contributed by atoms with Gasteiger partial charge in [0, 0.05) is 0 Å². The van der Waals surface area contributed by atoms with Crippen molar-refractivity contribution in [1.29, 1.82) is 0 Å². The second-order valence-corrected chi connectivity index (χ2v) is 0. The Morgan fingerprint density at radius 1 is 0.750 bits per heavy atom. The van der Waals surface area contributed by atoms with Crippen molar-refractivity contribution < 1.29 is 43.2 Å². The van der Waals surface area contributed by atoms with E-state index in [0.717, 1.165) is 0 Å². The summed E-state index contributed by atoms with van der Waals surface area (Å²) in [6.45, 7) is 0. The van der Waals surface area contributed by atoms with Crippen molar-refractivity contribution in [3.05, 3.63) is 0 Å². The van der Waals surface area contributed by atoms with Crippen LogP contribution >= 0.6 is 17.0 Å². The molecule has 0 spiro atoms. The predicted molar refractivity (Wildman–Crippen MR) is 11.0 cm³/mol. The zero-order valence-corrected chi connectivity index (χ0v) is 4.53. The molecule has 0 saturated carbocycles. The van der Waals surface area contributed by atoms with Gasteiger partial charge in [0.25, 0.3) is 0 Å². The maximum atomic E-state index is 0. The smallest absolute Gasteiger partial charge is 1.00 e. The summed E-state index contributed by atoms with van der Waals surface area (Å²) in [4.78, 5) is 0. The summed E-state index contributed by atoms with van der Waals surface area (Å²) in [5, 5.41) is 0. The Labute approximate surface area is 60.0 Å². The number of hydrogen-bond donors (Lipinski definition) is 0. The molecule has 0 unspecified atom stereocenters. The Bertz CT molecular complexity index is 6.00. The molecule has 0 heterocycles. The Balaban J connectivity index is 0. The van der Waals surface area contributed by atoms with Gasteiger partial charge >= 0.3 is 37.7 Å². The quantitative estimate of drug-likeness (QED) is 0.279. The van der Waals surface area contributed by atoms with Gasteiger partial charge in [-0.2, -0.15) is 0 Å². The van der Waals surface area contributed by atoms with Crippen LogP contribution in [0, 0.1) is 0 Å². The van der Waals surface area contributed by atoms with Gasteiger partial charge < -0.3 is 5.48 Å². The van der Waals surface area contributed by atoms with Crippen molar-refractivity contribution in [2.24, 2.45) is 0 Å². The van der Waals surface area contributed by atoms with Gasteiger partial charge in [0.2, 0.25) is 0 Å². The predicted octanol–water partition coefficient (Wildman–Crippen LogP) is -5.53. The molecule has 0 amide bonds. The summed E-state index contributed by atoms with van der Waals surface area (Å²) >= 11 is 0. The molecule has 0 atom stereocenters. The van der Waals surface area contributed by atoms with Gasteiger partial charge in [0.1, 0.15) is 0 Å². The van der Waals surface area contributed by atoms with E-state index in [1.54, 1.807) is 0 Å². The Morgan fingerprint density at radius 3 is 0.750 bits per heavy atom. The molecule has 0 rings (SSSR count). The third-order valence-corrected chi connectivity index (χ3v) is 0. The number of rotatable bonds is 0. The fraction of sp³-hybridized carbons (Fsp3) is 0. The molecule has 0 aliphatic heterocycles. The second kappa shape index (κ2) is 22.9. The van der Waals surface area contributed by atoms with Crippen LogP contribution in [0.4, 0.5) is 0 Å². The maximum absolute atomic E-state index is 0. The topological polar surface area (TPSA) is 28.5 Å². The minimum Gasteiger partial charge on any atom is -2.00 e. The monoisotopic (exact) mass is 110 g/mol. The average molecular weight is 111 g/mol. The molecule has 0 N–H and O–H groups in total. The van der Waals surface area contributed by atoms with Crippen LogP contribution < -0.4 is 37.7 Å². The van der Waals surface area contributed by atoms with Crippen molar-refractivity contribution in [3.8, 4) is 0 Å². The largest absolute Gasteiger partial charge is 2.00 e. The van der Waals surface area contributed by atoms with E-state index in [1.165, 1.54) is 0 Å². The zero-order valence-electron chi connectivity index (χ0n) is 2.82. The van der Waals surface area contributed by atoms with Crippen molar-refractivity contribution in [1.82, 2.24) is 0 Å². The van der Waals surface area contributed by atoms with E-state index in [0.29, 0.717) is 0 Å². The summed E-state index contributed by atoms with van der Waals surface area (Å²) in [5.74, 6) is 0. The Hall–Kier alpha value is 1.63. The third kappa shape index (κ3) is 9.44. The standard InChI is InChI=1S/BrH.2Li.O/h1H;;;/q;2*+1;-2. The van der Waals surface area contributed by atoms with E-state index < -0.39 is 0 Å². The molecular weight excluding hydrogens is 110 g/mol. The first-order chi connectivity index (χ1) is 0. The number of halogens is 1. The molecule has 0 aromatic heterocycles. The van der Waals surface area contributed by atoms with E-state index in [-0.39, 0.29) is 60.2 Å². The van der Waals surface area contributed by atoms with E-state index in [2.05, 4.69) is 0 Å². The van der Waals surface area contributed by atoms with Gasteiger partial charge in [-0.15, -0.1) is 17.0 Å². The Morgan fingerprint density at radius 2 is 0.750 bits per heavy atom. The molecule has 1 nitrogen and oxygen atoms in total. The van der Waals surface area contributed by atoms with Crippen LogP contribution in [0.3, 0.4) is 0 Å². The van der Waals surface area contributed by atoms with Crippen molar-refractivity contribution in [2.75, 3.05) is 0 Å². The van der Waals surface area contributed by atoms with Gasteiger partial charge in [-0.05, 0) is 0 Å². The van der Waals surface area contributed by atoms with Crippen molar-refractivity contribution in [3.63, 3.8) is 0 Å². The summed E-state index contributed by atoms with van der Waals surface area (Å²) in [6.07, 6.45) is 0. The van der Waals surface area contributed by atoms with Gasteiger partial charge in [0.05, 0.1) is 0 Å². The van der Waals surface area contributed by atoms with Crippen LogP contribution in [0.2, 0.25) is 0 Å². The summed E-state index contributed by atoms with van der Waals surface area (Å²) in [5.41, 5.74) is 0. The first-order valence-electron chi connectivity index (χ1n) is 0. The maximum Gasteiger partial charge on any atom is 1.00 e. The zero-order chi connectivity index (χ0) is 0. The number of hydrogen-bond acceptors (Lipinski definition) is 0. The van der Waals surface area contributed by atoms with Crippen molar-refractivity contribution >= 4 is 17.0 Å². The van der Waals surface area contributed by atoms with Crippen LogP contribution in [-0.4, -0.2) is 0 Å². The molecule has 0 bridgehead atoms. The van der Waals surface area contributed by atoms with Gasteiger partial charge in [0.15, 0.2) is 0 Å². The fourth-order valence-corrected chi connectivity index (χ4v) is 0. The third-order valence-electron chi connectivity index (χ3n) is 0. The summed E-state index contributed by atoms with van der Waals surface area (Å²) in [7, 11) is 0. The molecule has 0 radical (unpaired) electrons. The molecular formula is HBrLi2O. The van der Waals surface area contributed by atoms with Crippen LogP contribution in [0.5, 0.6) is 0 Å². The van der Waals surface area contributed by atoms with E-state index in [9.17, 15) is 0 Å². The molecule has 0 fully saturated rings. The molecule has 4 heteroatoms. The van der Waals surface area contributed by atoms with Crippen molar-refractivity contribution in [2.45, 2.75) is 0 Å². The molecule has 0 saturated heterocycles. The van der Waals surface area contributed by atoms with Gasteiger partial charge in [-0.25, -0.2) is 0 Å². The first-order valence-corrected chi connectivity index (χ1v) is 0. The minimum absolute atomic E-state index is 0. The SMILES string of the molecule is Br.[Li+].[Li+].[O-2]. The van der Waals surface area contributed by atoms with Crippen LogP contribution in [0.15, 0.2) is 0 Å². The minimum atomic E-state index is 0. The van der Waals surface area contributed by atoms with Crippen LogP contribution in [-0.2, 0) is 5.48 Å². The van der Waals surface area contributed by atoms with Gasteiger partial charge in [-0.1, -0.05) is 0 Å². The van der Waals surface area contributed by atoms with Crippen LogP contribution in [0.1, 0.15) is 0 Å². The first kappa shape index (κ1) is 45.3. The molecule has 0 aliphatic carbocycles. The second-order valence-electron chi connectivity index (χ2n) is 0. The summed E-state index contributed by atoms with van der Waals surface area (Å²) in [6, 6.07) is 0. The molecule has 16 valence electrons. The average Bonchev–Trinajstić information content (AvgIpc) is 0. The normalized spacial score (nSPS) is 0. The van der Waals surface area contributed by atoms with Gasteiger partial charge in [-0.3, -0.25) is 0 Å². The van der Waals surface area contributed by atoms with Crippen LogP contribution in [0.25, 0.3) is 0 Å².